The van der Waals surface area contributed by atoms with Gasteiger partial charge in [-0.15, -0.1) is 0 Å². The van der Waals surface area contributed by atoms with E-state index < -0.39 is 20.0 Å². The summed E-state index contributed by atoms with van der Waals surface area (Å²) in [5.41, 5.74) is 0. The van der Waals surface area contributed by atoms with Gasteiger partial charge in [-0.2, -0.15) is 0 Å². The summed E-state index contributed by atoms with van der Waals surface area (Å²) in [4.78, 5) is 23.3. The summed E-state index contributed by atoms with van der Waals surface area (Å²) in [6, 6.07) is -0.765. The fourth-order valence-electron chi connectivity index (χ4n) is 8.57. The predicted molar refractivity (Wildman–Crippen MR) is 295 cm³/mol. The number of aliphatic hydroxyl groups is 1. The summed E-state index contributed by atoms with van der Waals surface area (Å²) >= 11 is 0. The highest BCUT2D eigenvalue weighted by molar-refractivity contribution is 7.47. The van der Waals surface area contributed by atoms with Crippen molar-refractivity contribution in [1.29, 1.82) is 0 Å². The molecule has 0 saturated carbocycles. The first-order valence-corrected chi connectivity index (χ1v) is 30.5. The third-order valence-electron chi connectivity index (χ3n) is 13.1. The first-order chi connectivity index (χ1) is 33.0. The summed E-state index contributed by atoms with van der Waals surface area (Å²) in [6.07, 6.45) is 65.9. The van der Waals surface area contributed by atoms with Gasteiger partial charge in [-0.1, -0.05) is 262 Å². The molecule has 0 aromatic heterocycles. The van der Waals surface area contributed by atoms with Crippen LogP contribution in [-0.4, -0.2) is 73.4 Å². The number of carbonyl (C=O) groups is 1. The number of nitrogens with one attached hydrogen (secondary N) is 1. The molecule has 0 radical (unpaired) electrons. The quantitative estimate of drug-likeness (QED) is 0.0243. The van der Waals surface area contributed by atoms with E-state index in [9.17, 15) is 19.4 Å². The minimum absolute atomic E-state index is 0.0730. The van der Waals surface area contributed by atoms with Crippen molar-refractivity contribution in [2.24, 2.45) is 0 Å². The third-order valence-corrected chi connectivity index (χ3v) is 14.1. The molecule has 0 aromatic carbocycles. The number of quaternary nitrogens is 1. The molecule has 9 heteroatoms. The number of hydrogen-bond acceptors (Lipinski definition) is 5. The number of phosphoric ester groups is 1. The minimum atomic E-state index is -4.33. The Balaban J connectivity index is 4.17. The highest BCUT2D eigenvalue weighted by Gasteiger charge is 2.28. The SMILES string of the molecule is CC/C=C\C/C=C\C/C=C\C/C=C\CCCCCCCCCCCCC(=O)NC(COP(=O)(O)OCC[N+](C)(C)C)C(O)CCCCCCCCCCCCCCCCCCCCCCCCC. The van der Waals surface area contributed by atoms with E-state index >= 15 is 0 Å². The van der Waals surface area contributed by atoms with Crippen LogP contribution in [0, 0.1) is 0 Å². The maximum absolute atomic E-state index is 13.0. The van der Waals surface area contributed by atoms with Crippen molar-refractivity contribution in [1.82, 2.24) is 5.32 Å². The molecule has 68 heavy (non-hydrogen) atoms. The second-order valence-electron chi connectivity index (χ2n) is 21.0. The number of phosphoric acid groups is 1. The van der Waals surface area contributed by atoms with E-state index in [1.165, 1.54) is 180 Å². The maximum atomic E-state index is 13.0. The van der Waals surface area contributed by atoms with Crippen LogP contribution in [0.3, 0.4) is 0 Å². The molecule has 0 fully saturated rings. The number of nitrogens with zero attached hydrogens (tertiary/aromatic N) is 1. The molecule has 400 valence electrons. The molecule has 3 unspecified atom stereocenters. The molecule has 1 amide bonds. The number of likely N-dealkylation sites (N-methyl/N-ethyl adjacent to an activating group) is 1. The lowest BCUT2D eigenvalue weighted by atomic mass is 10.0. The van der Waals surface area contributed by atoms with Crippen LogP contribution in [0.1, 0.15) is 271 Å². The summed E-state index contributed by atoms with van der Waals surface area (Å²) in [5.74, 6) is -0.147. The van der Waals surface area contributed by atoms with Gasteiger partial charge in [-0.3, -0.25) is 13.8 Å². The van der Waals surface area contributed by atoms with Gasteiger partial charge < -0.3 is 19.8 Å². The van der Waals surface area contributed by atoms with Crippen molar-refractivity contribution in [2.75, 3.05) is 40.9 Å². The zero-order chi connectivity index (χ0) is 49.9. The Bertz CT molecular complexity index is 1250. The van der Waals surface area contributed by atoms with Gasteiger partial charge in [0.25, 0.3) is 0 Å². The minimum Gasteiger partial charge on any atom is -0.391 e. The van der Waals surface area contributed by atoms with Crippen LogP contribution in [0.25, 0.3) is 0 Å². The smallest absolute Gasteiger partial charge is 0.391 e. The van der Waals surface area contributed by atoms with Crippen molar-refractivity contribution in [3.63, 3.8) is 0 Å². The average molecular weight is 979 g/mol. The van der Waals surface area contributed by atoms with Crippen LogP contribution in [0.15, 0.2) is 48.6 Å². The number of rotatable bonds is 53. The van der Waals surface area contributed by atoms with E-state index in [0.29, 0.717) is 23.9 Å². The fourth-order valence-corrected chi connectivity index (χ4v) is 9.31. The van der Waals surface area contributed by atoms with Crippen molar-refractivity contribution in [2.45, 2.75) is 283 Å². The number of carbonyl (C=O) groups excluding carboxylic acids is 1. The van der Waals surface area contributed by atoms with Crippen LogP contribution in [-0.2, 0) is 18.4 Å². The Morgan fingerprint density at radius 1 is 0.515 bits per heavy atom. The van der Waals surface area contributed by atoms with Crippen molar-refractivity contribution >= 4 is 13.7 Å². The first-order valence-electron chi connectivity index (χ1n) is 29.0. The number of unbranched alkanes of at least 4 members (excludes halogenated alkanes) is 32. The van der Waals surface area contributed by atoms with Gasteiger partial charge in [-0.05, 0) is 51.4 Å². The van der Waals surface area contributed by atoms with E-state index in [0.717, 1.165) is 64.2 Å². The third kappa shape index (κ3) is 52.3. The average Bonchev–Trinajstić information content (AvgIpc) is 3.30. The lowest BCUT2D eigenvalue weighted by Crippen LogP contribution is -2.46. The monoisotopic (exact) mass is 978 g/mol. The molecule has 0 heterocycles. The summed E-state index contributed by atoms with van der Waals surface area (Å²) in [5, 5.41) is 14.1. The first kappa shape index (κ1) is 66.5. The number of allylic oxidation sites excluding steroid dienone is 8. The van der Waals surface area contributed by atoms with Gasteiger partial charge in [0.2, 0.25) is 5.91 Å². The van der Waals surface area contributed by atoms with Gasteiger partial charge in [0.1, 0.15) is 13.2 Å². The van der Waals surface area contributed by atoms with E-state index in [4.69, 9.17) is 9.05 Å². The molecule has 0 aliphatic heterocycles. The van der Waals surface area contributed by atoms with Crippen molar-refractivity contribution < 1.29 is 32.9 Å². The zero-order valence-corrected chi connectivity index (χ0v) is 46.5. The Morgan fingerprint density at radius 3 is 1.29 bits per heavy atom. The van der Waals surface area contributed by atoms with Crippen LogP contribution < -0.4 is 5.32 Å². The second kappa shape index (κ2) is 50.4. The molecule has 3 N–H and O–H groups in total. The molecular formula is C59H114N2O6P+. The molecule has 0 bridgehead atoms. The Kier molecular flexibility index (Phi) is 49.3. The lowest BCUT2D eigenvalue weighted by molar-refractivity contribution is -0.870. The van der Waals surface area contributed by atoms with Gasteiger partial charge in [0.05, 0.1) is 39.9 Å². The van der Waals surface area contributed by atoms with Crippen LogP contribution in [0.5, 0.6) is 0 Å². The molecule has 0 rings (SSSR count). The van der Waals surface area contributed by atoms with Crippen molar-refractivity contribution in [3.8, 4) is 0 Å². The Morgan fingerprint density at radius 2 is 0.882 bits per heavy atom. The molecule has 0 aliphatic rings. The van der Waals surface area contributed by atoms with E-state index in [2.05, 4.69) is 67.8 Å². The Labute approximate surface area is 422 Å². The Hall–Kier alpha value is -1.54. The van der Waals surface area contributed by atoms with Gasteiger partial charge in [0, 0.05) is 6.42 Å². The van der Waals surface area contributed by atoms with Crippen LogP contribution in [0.4, 0.5) is 0 Å². The summed E-state index contributed by atoms with van der Waals surface area (Å²) in [7, 11) is 1.62. The maximum Gasteiger partial charge on any atom is 0.472 e. The largest absolute Gasteiger partial charge is 0.472 e. The standard InChI is InChI=1S/C59H113N2O6P/c1-6-8-10-12-14-16-18-20-22-24-26-28-30-32-34-36-38-40-42-44-46-48-50-52-58(62)57(56-67-68(64,65)66-55-54-61(3,4)5)60-59(63)53-51-49-47-45-43-41-39-37-35-33-31-29-27-25-23-21-19-17-15-13-11-9-7-2/h9,11,15,17,21,23,27,29,57-58,62H,6-8,10,12-14,16,18-20,22,24-26,28,30-56H2,1-5H3,(H-,60,63,64,65)/p+1/b11-9-,17-15-,23-21-,29-27-. The highest BCUT2D eigenvalue weighted by Crippen LogP contribution is 2.43. The summed E-state index contributed by atoms with van der Waals surface area (Å²) in [6.45, 7) is 4.80. The number of hydrogen-bond donors (Lipinski definition) is 3. The van der Waals surface area contributed by atoms with Crippen LogP contribution >= 0.6 is 7.82 Å². The molecule has 8 nitrogen and oxygen atoms in total. The van der Waals surface area contributed by atoms with E-state index in [1.54, 1.807) is 0 Å². The van der Waals surface area contributed by atoms with Crippen molar-refractivity contribution in [3.05, 3.63) is 48.6 Å². The van der Waals surface area contributed by atoms with E-state index in [-0.39, 0.29) is 19.1 Å². The number of aliphatic hydroxyl groups excluding tert-OH is 1. The van der Waals surface area contributed by atoms with Gasteiger partial charge >= 0.3 is 7.82 Å². The fraction of sp³-hybridized carbons (Fsp3) is 0.847. The highest BCUT2D eigenvalue weighted by atomic mass is 31.2. The lowest BCUT2D eigenvalue weighted by Gasteiger charge is -2.26. The molecule has 0 aliphatic carbocycles. The molecule has 0 saturated heterocycles. The zero-order valence-electron chi connectivity index (χ0n) is 45.6. The summed E-state index contributed by atoms with van der Waals surface area (Å²) < 4.78 is 23.8. The topological polar surface area (TPSA) is 105 Å². The molecule has 0 aromatic rings. The molecular weight excluding hydrogens is 864 g/mol. The van der Waals surface area contributed by atoms with E-state index in [1.807, 2.05) is 21.1 Å². The van der Waals surface area contributed by atoms with Crippen LogP contribution in [0.2, 0.25) is 0 Å². The van der Waals surface area contributed by atoms with Gasteiger partial charge in [-0.25, -0.2) is 4.57 Å². The predicted octanol–water partition coefficient (Wildman–Crippen LogP) is 17.5. The molecule has 0 spiro atoms. The normalized spacial score (nSPS) is 14.3. The second-order valence-corrected chi connectivity index (χ2v) is 22.4. The van der Waals surface area contributed by atoms with Gasteiger partial charge in [0.15, 0.2) is 0 Å². The molecule has 3 atom stereocenters. The number of amides is 1.